The van der Waals surface area contributed by atoms with E-state index in [0.717, 1.165) is 0 Å². The highest BCUT2D eigenvalue weighted by Gasteiger charge is 2.37. The quantitative estimate of drug-likeness (QED) is 0.597. The first-order valence-corrected chi connectivity index (χ1v) is 11.1. The zero-order valence-corrected chi connectivity index (χ0v) is 18.9. The Balaban J connectivity index is 2.28. The molecule has 6 nitrogen and oxygen atoms in total. The number of benzene rings is 1. The van der Waals surface area contributed by atoms with Crippen molar-refractivity contribution in [2.75, 3.05) is 13.1 Å². The molecule has 1 amide bonds. The molecule has 1 aliphatic rings. The topological polar surface area (TPSA) is 95.9 Å². The van der Waals surface area contributed by atoms with Crippen molar-refractivity contribution in [3.8, 4) is 5.75 Å². The van der Waals surface area contributed by atoms with Crippen molar-refractivity contribution >= 4 is 40.5 Å². The molecule has 1 heterocycles. The third-order valence-electron chi connectivity index (χ3n) is 4.87. The van der Waals surface area contributed by atoms with Gasteiger partial charge in [0.05, 0.1) is 16.1 Å². The number of halogens is 2. The van der Waals surface area contributed by atoms with E-state index in [1.165, 1.54) is 13.0 Å². The number of hydrogen-bond donors (Lipinski definition) is 3. The molecule has 1 saturated heterocycles. The molecule has 9 heteroatoms. The summed E-state index contributed by atoms with van der Waals surface area (Å²) < 4.78 is 15.4. The van der Waals surface area contributed by atoms with Crippen LogP contribution < -0.4 is 4.72 Å². The first-order chi connectivity index (χ1) is 12.9. The van der Waals surface area contributed by atoms with Gasteiger partial charge in [-0.1, -0.05) is 23.2 Å². The lowest BCUT2D eigenvalue weighted by Crippen LogP contribution is -2.47. The Morgan fingerprint density at radius 2 is 1.82 bits per heavy atom. The van der Waals surface area contributed by atoms with E-state index in [1.807, 2.05) is 20.8 Å². The summed E-state index contributed by atoms with van der Waals surface area (Å²) in [5, 5.41) is 20.5. The highest BCUT2D eigenvalue weighted by molar-refractivity contribution is 7.90. The van der Waals surface area contributed by atoms with Crippen LogP contribution in [0.1, 0.15) is 52.1 Å². The van der Waals surface area contributed by atoms with Gasteiger partial charge in [-0.05, 0) is 52.5 Å². The number of likely N-dealkylation sites (tertiary alicyclic amines) is 1. The Kier molecular flexibility index (Phi) is 7.92. The average molecular weight is 451 g/mol. The molecule has 158 valence electrons. The predicted octanol–water partition coefficient (Wildman–Crippen LogP) is 3.41. The minimum atomic E-state index is -1.37. The number of carbonyl (C=O) groups excluding carboxylic acids is 1. The Morgan fingerprint density at radius 3 is 2.32 bits per heavy atom. The Hall–Kier alpha value is -0.700. The van der Waals surface area contributed by atoms with Gasteiger partial charge in [0, 0.05) is 36.1 Å². The molecular weight excluding hydrogens is 423 g/mol. The summed E-state index contributed by atoms with van der Waals surface area (Å²) in [7, 11) is 0. The van der Waals surface area contributed by atoms with Crippen LogP contribution in [0.3, 0.4) is 0 Å². The number of nitrogens with one attached hydrogen (secondary N) is 1. The molecule has 0 aromatic heterocycles. The summed E-state index contributed by atoms with van der Waals surface area (Å²) in [6, 6.07) is 2.57. The van der Waals surface area contributed by atoms with Crippen molar-refractivity contribution in [2.24, 2.45) is 5.92 Å². The number of hydrogen-bond acceptors (Lipinski definition) is 5. The molecule has 1 aromatic rings. The average Bonchev–Trinajstić information content (AvgIpc) is 2.61. The number of amides is 1. The van der Waals surface area contributed by atoms with E-state index in [1.54, 1.807) is 11.0 Å². The van der Waals surface area contributed by atoms with E-state index in [2.05, 4.69) is 4.72 Å². The zero-order chi connectivity index (χ0) is 21.2. The molecule has 0 saturated carbocycles. The van der Waals surface area contributed by atoms with E-state index < -0.39 is 28.3 Å². The maximum atomic E-state index is 12.8. The molecule has 1 aromatic carbocycles. The van der Waals surface area contributed by atoms with Crippen molar-refractivity contribution in [1.82, 2.24) is 9.62 Å². The third-order valence-corrected chi connectivity index (χ3v) is 7.18. The second-order valence-corrected chi connectivity index (χ2v) is 11.0. The van der Waals surface area contributed by atoms with Gasteiger partial charge in [0.25, 0.3) is 5.91 Å². The minimum Gasteiger partial charge on any atom is -0.598 e. The number of rotatable bonds is 5. The number of phenolic OH excluding ortho intramolecular Hbond substituents is 1. The highest BCUT2D eigenvalue weighted by Crippen LogP contribution is 2.40. The third kappa shape index (κ3) is 5.68. The molecule has 1 fully saturated rings. The molecule has 0 bridgehead atoms. The van der Waals surface area contributed by atoms with Gasteiger partial charge in [0.1, 0.15) is 16.6 Å². The van der Waals surface area contributed by atoms with Crippen molar-refractivity contribution in [3.63, 3.8) is 0 Å². The monoisotopic (exact) mass is 450 g/mol. The molecule has 3 N–H and O–H groups in total. The summed E-state index contributed by atoms with van der Waals surface area (Å²) in [6.45, 7) is 8.02. The van der Waals surface area contributed by atoms with Crippen LogP contribution in [0.15, 0.2) is 12.1 Å². The van der Waals surface area contributed by atoms with Gasteiger partial charge in [-0.15, -0.1) is 4.72 Å². The number of aliphatic hydroxyl groups excluding tert-OH is 1. The maximum absolute atomic E-state index is 12.8. The zero-order valence-electron chi connectivity index (χ0n) is 16.5. The van der Waals surface area contributed by atoms with Crippen LogP contribution in [0.25, 0.3) is 0 Å². The highest BCUT2D eigenvalue weighted by atomic mass is 35.5. The van der Waals surface area contributed by atoms with Crippen molar-refractivity contribution in [1.29, 1.82) is 0 Å². The fourth-order valence-corrected chi connectivity index (χ4v) is 4.46. The molecule has 0 radical (unpaired) electrons. The van der Waals surface area contributed by atoms with Gasteiger partial charge in [0.15, 0.2) is 0 Å². The van der Waals surface area contributed by atoms with E-state index in [-0.39, 0.29) is 22.6 Å². The van der Waals surface area contributed by atoms with Crippen LogP contribution in [0.2, 0.25) is 10.0 Å². The van der Waals surface area contributed by atoms with E-state index >= 15 is 0 Å². The standard InChI is InChI=1S/C19H28Cl2N2O4S/c1-11(24)18(26)23-7-5-12(6-8-23)17(22-28(27)19(2,3)4)13-9-14(20)15(21)10-16(13)25/h9-12,17,22,24-25H,5-8H2,1-4H3/t11?,17-,28+/m1/s1. The first kappa shape index (κ1) is 23.6. The molecule has 2 rings (SSSR count). The Morgan fingerprint density at radius 1 is 1.29 bits per heavy atom. The number of piperidine rings is 1. The SMILES string of the molecule is CC(O)C(=O)N1CCC([C@@H](N[S@@+]([O-])C(C)(C)C)c2cc(Cl)c(Cl)cc2O)CC1. The molecule has 1 unspecified atom stereocenters. The molecule has 0 spiro atoms. The fourth-order valence-electron chi connectivity index (χ4n) is 3.22. The lowest BCUT2D eigenvalue weighted by molar-refractivity contribution is -0.140. The second kappa shape index (κ2) is 9.41. The van der Waals surface area contributed by atoms with Gasteiger partial charge in [-0.2, -0.15) is 0 Å². The van der Waals surface area contributed by atoms with Crippen molar-refractivity contribution in [2.45, 2.75) is 57.4 Å². The van der Waals surface area contributed by atoms with Crippen LogP contribution in [-0.4, -0.2) is 49.5 Å². The molecule has 0 aliphatic carbocycles. The smallest absolute Gasteiger partial charge is 0.251 e. The van der Waals surface area contributed by atoms with Crippen LogP contribution in [0.4, 0.5) is 0 Å². The number of aliphatic hydroxyl groups is 1. The van der Waals surface area contributed by atoms with Gasteiger partial charge < -0.3 is 19.7 Å². The van der Waals surface area contributed by atoms with Gasteiger partial charge in [-0.3, -0.25) is 4.79 Å². The molecule has 3 atom stereocenters. The number of carbonyl (C=O) groups is 1. The lowest BCUT2D eigenvalue weighted by atomic mass is 9.85. The molecular formula is C19H28Cl2N2O4S. The number of aromatic hydroxyl groups is 1. The van der Waals surface area contributed by atoms with Gasteiger partial charge in [-0.25, -0.2) is 0 Å². The normalized spacial score (nSPS) is 19.4. The molecule has 1 aliphatic heterocycles. The maximum Gasteiger partial charge on any atom is 0.251 e. The predicted molar refractivity (Wildman–Crippen MR) is 113 cm³/mol. The summed E-state index contributed by atoms with van der Waals surface area (Å²) in [6.07, 6.45) is 0.242. The first-order valence-electron chi connectivity index (χ1n) is 9.24. The van der Waals surface area contributed by atoms with Gasteiger partial charge in [0.2, 0.25) is 0 Å². The van der Waals surface area contributed by atoms with E-state index in [4.69, 9.17) is 23.2 Å². The summed E-state index contributed by atoms with van der Waals surface area (Å²) in [5.41, 5.74) is 0.535. The van der Waals surface area contributed by atoms with Crippen LogP contribution in [-0.2, 0) is 16.2 Å². The van der Waals surface area contributed by atoms with E-state index in [9.17, 15) is 19.6 Å². The van der Waals surface area contributed by atoms with Crippen molar-refractivity contribution < 1.29 is 19.6 Å². The Labute approximate surface area is 179 Å². The summed E-state index contributed by atoms with van der Waals surface area (Å²) in [5.74, 6) is -0.286. The number of phenols is 1. The second-order valence-electron chi connectivity index (χ2n) is 8.14. The minimum absolute atomic E-state index is 0.0136. The largest absolute Gasteiger partial charge is 0.598 e. The van der Waals surface area contributed by atoms with E-state index in [0.29, 0.717) is 36.5 Å². The summed E-state index contributed by atoms with van der Waals surface area (Å²) >= 11 is 10.8. The van der Waals surface area contributed by atoms with Crippen LogP contribution >= 0.6 is 23.2 Å². The summed E-state index contributed by atoms with van der Waals surface area (Å²) in [4.78, 5) is 13.7. The Bertz CT molecular complexity index is 704. The van der Waals surface area contributed by atoms with Gasteiger partial charge >= 0.3 is 0 Å². The van der Waals surface area contributed by atoms with Crippen LogP contribution in [0, 0.1) is 5.92 Å². The lowest BCUT2D eigenvalue weighted by Gasteiger charge is -2.38. The fraction of sp³-hybridized carbons (Fsp3) is 0.632. The molecule has 28 heavy (non-hydrogen) atoms. The van der Waals surface area contributed by atoms with Crippen molar-refractivity contribution in [3.05, 3.63) is 27.7 Å². The number of nitrogens with zero attached hydrogens (tertiary/aromatic N) is 1. The van der Waals surface area contributed by atoms with Crippen LogP contribution in [0.5, 0.6) is 5.75 Å².